The summed E-state index contributed by atoms with van der Waals surface area (Å²) in [4.78, 5) is 24.9. The Labute approximate surface area is 108 Å². The summed E-state index contributed by atoms with van der Waals surface area (Å²) in [6.45, 7) is 6.45. The molecule has 1 aliphatic rings. The molecular formula is C13H23NO4. The smallest absolute Gasteiger partial charge is 0.306 e. The molecule has 1 saturated heterocycles. The van der Waals surface area contributed by atoms with Crippen molar-refractivity contribution in [3.63, 3.8) is 0 Å². The number of aliphatic hydroxyl groups is 1. The third-order valence-corrected chi connectivity index (χ3v) is 2.71. The number of esters is 1. The number of β-amino-alcohol motifs (C(OH)–C–C–N with tert-alkyl or cyclic N) is 1. The van der Waals surface area contributed by atoms with Crippen molar-refractivity contribution in [2.24, 2.45) is 0 Å². The normalized spacial score (nSPS) is 20.7. The second kappa shape index (κ2) is 6.18. The lowest BCUT2D eigenvalue weighted by atomic mass is 10.1. The topological polar surface area (TPSA) is 66.8 Å². The third-order valence-electron chi connectivity index (χ3n) is 2.71. The van der Waals surface area contributed by atoms with Crippen LogP contribution in [0.1, 0.15) is 46.5 Å². The second-order valence-electron chi connectivity index (χ2n) is 5.72. The number of rotatable bonds is 3. The van der Waals surface area contributed by atoms with Crippen molar-refractivity contribution < 1.29 is 19.4 Å². The SMILES string of the molecule is CC(C)(C)OC(=O)CCC(=O)N1CCCC(O)C1. The zero-order valence-electron chi connectivity index (χ0n) is 11.4. The van der Waals surface area contributed by atoms with E-state index in [4.69, 9.17) is 4.74 Å². The lowest BCUT2D eigenvalue weighted by Crippen LogP contribution is -2.42. The Bertz CT molecular complexity index is 309. The molecule has 0 aromatic rings. The number of likely N-dealkylation sites (tertiary alicyclic amines) is 1. The molecule has 0 aromatic carbocycles. The van der Waals surface area contributed by atoms with E-state index in [2.05, 4.69) is 0 Å². The molecule has 5 nitrogen and oxygen atoms in total. The van der Waals surface area contributed by atoms with Gasteiger partial charge in [0.05, 0.1) is 12.5 Å². The highest BCUT2D eigenvalue weighted by molar-refractivity contribution is 5.81. The van der Waals surface area contributed by atoms with E-state index in [9.17, 15) is 14.7 Å². The van der Waals surface area contributed by atoms with Gasteiger partial charge < -0.3 is 14.7 Å². The number of carbonyl (C=O) groups is 2. The fourth-order valence-corrected chi connectivity index (χ4v) is 1.94. The summed E-state index contributed by atoms with van der Waals surface area (Å²) < 4.78 is 5.14. The predicted octanol–water partition coefficient (Wildman–Crippen LogP) is 1.09. The van der Waals surface area contributed by atoms with Gasteiger partial charge in [-0.25, -0.2) is 0 Å². The summed E-state index contributed by atoms with van der Waals surface area (Å²) in [5, 5.41) is 9.47. The van der Waals surface area contributed by atoms with E-state index in [0.29, 0.717) is 13.1 Å². The van der Waals surface area contributed by atoms with E-state index in [-0.39, 0.29) is 24.7 Å². The van der Waals surface area contributed by atoms with E-state index in [1.165, 1.54) is 0 Å². The molecular weight excluding hydrogens is 234 g/mol. The fraction of sp³-hybridized carbons (Fsp3) is 0.846. The lowest BCUT2D eigenvalue weighted by Gasteiger charge is -2.30. The Morgan fingerprint density at radius 1 is 1.33 bits per heavy atom. The molecule has 1 fully saturated rings. The molecule has 1 aliphatic heterocycles. The summed E-state index contributed by atoms with van der Waals surface area (Å²) in [5.41, 5.74) is -0.512. The lowest BCUT2D eigenvalue weighted by molar-refractivity contribution is -0.156. The summed E-state index contributed by atoms with van der Waals surface area (Å²) in [6.07, 6.45) is 1.39. The molecule has 0 aromatic heterocycles. The van der Waals surface area contributed by atoms with Gasteiger partial charge in [-0.05, 0) is 33.6 Å². The first-order valence-corrected chi connectivity index (χ1v) is 6.45. The number of amides is 1. The summed E-state index contributed by atoms with van der Waals surface area (Å²) in [6, 6.07) is 0. The van der Waals surface area contributed by atoms with Crippen molar-refractivity contribution in [1.29, 1.82) is 0 Å². The Kier molecular flexibility index (Phi) is 5.14. The third kappa shape index (κ3) is 5.49. The van der Waals surface area contributed by atoms with Gasteiger partial charge in [-0.2, -0.15) is 0 Å². The minimum absolute atomic E-state index is 0.0837. The Hall–Kier alpha value is -1.10. The van der Waals surface area contributed by atoms with Gasteiger partial charge in [-0.3, -0.25) is 9.59 Å². The Balaban J connectivity index is 2.30. The van der Waals surface area contributed by atoms with Gasteiger partial charge in [0.1, 0.15) is 5.60 Å². The summed E-state index contributed by atoms with van der Waals surface area (Å²) >= 11 is 0. The Morgan fingerprint density at radius 3 is 2.56 bits per heavy atom. The van der Waals surface area contributed by atoms with Crippen molar-refractivity contribution in [2.75, 3.05) is 13.1 Å². The largest absolute Gasteiger partial charge is 0.460 e. The van der Waals surface area contributed by atoms with Crippen LogP contribution in [-0.4, -0.2) is 46.7 Å². The molecule has 0 saturated carbocycles. The maximum Gasteiger partial charge on any atom is 0.306 e. The molecule has 0 radical (unpaired) electrons. The fourth-order valence-electron chi connectivity index (χ4n) is 1.94. The molecule has 5 heteroatoms. The van der Waals surface area contributed by atoms with E-state index in [1.54, 1.807) is 25.7 Å². The maximum atomic E-state index is 11.8. The highest BCUT2D eigenvalue weighted by Gasteiger charge is 2.23. The molecule has 1 amide bonds. The van der Waals surface area contributed by atoms with Crippen LogP contribution in [0.15, 0.2) is 0 Å². The van der Waals surface area contributed by atoms with Gasteiger partial charge in [-0.1, -0.05) is 0 Å². The van der Waals surface area contributed by atoms with Crippen LogP contribution >= 0.6 is 0 Å². The van der Waals surface area contributed by atoms with Crippen LogP contribution in [0.4, 0.5) is 0 Å². The van der Waals surface area contributed by atoms with E-state index < -0.39 is 11.7 Å². The number of piperidine rings is 1. The van der Waals surface area contributed by atoms with Gasteiger partial charge in [0.2, 0.25) is 5.91 Å². The van der Waals surface area contributed by atoms with Crippen molar-refractivity contribution in [3.8, 4) is 0 Å². The quantitative estimate of drug-likeness (QED) is 0.769. The first-order valence-electron chi connectivity index (χ1n) is 6.45. The molecule has 0 spiro atoms. The molecule has 0 aliphatic carbocycles. The van der Waals surface area contributed by atoms with Gasteiger partial charge in [0.15, 0.2) is 0 Å². The monoisotopic (exact) mass is 257 g/mol. The van der Waals surface area contributed by atoms with E-state index in [0.717, 1.165) is 12.8 Å². The van der Waals surface area contributed by atoms with Crippen molar-refractivity contribution in [3.05, 3.63) is 0 Å². The average Bonchev–Trinajstić information content (AvgIpc) is 2.23. The number of carbonyl (C=O) groups excluding carboxylic acids is 2. The maximum absolute atomic E-state index is 11.8. The minimum Gasteiger partial charge on any atom is -0.460 e. The van der Waals surface area contributed by atoms with Crippen LogP contribution in [0.2, 0.25) is 0 Å². The van der Waals surface area contributed by atoms with Gasteiger partial charge in [0.25, 0.3) is 0 Å². The molecule has 0 bridgehead atoms. The van der Waals surface area contributed by atoms with Crippen LogP contribution in [0.5, 0.6) is 0 Å². The highest BCUT2D eigenvalue weighted by atomic mass is 16.6. The highest BCUT2D eigenvalue weighted by Crippen LogP contribution is 2.13. The van der Waals surface area contributed by atoms with Gasteiger partial charge in [0, 0.05) is 19.5 Å². The number of hydrogen-bond donors (Lipinski definition) is 1. The van der Waals surface area contributed by atoms with Crippen molar-refractivity contribution >= 4 is 11.9 Å². The van der Waals surface area contributed by atoms with E-state index >= 15 is 0 Å². The van der Waals surface area contributed by atoms with Crippen LogP contribution in [-0.2, 0) is 14.3 Å². The van der Waals surface area contributed by atoms with Crippen LogP contribution in [0, 0.1) is 0 Å². The van der Waals surface area contributed by atoms with Crippen LogP contribution < -0.4 is 0 Å². The number of hydrogen-bond acceptors (Lipinski definition) is 4. The molecule has 18 heavy (non-hydrogen) atoms. The van der Waals surface area contributed by atoms with Crippen LogP contribution in [0.25, 0.3) is 0 Å². The zero-order valence-corrected chi connectivity index (χ0v) is 11.4. The Morgan fingerprint density at radius 2 is 2.00 bits per heavy atom. The molecule has 1 N–H and O–H groups in total. The predicted molar refractivity (Wildman–Crippen MR) is 66.9 cm³/mol. The summed E-state index contributed by atoms with van der Waals surface area (Å²) in [7, 11) is 0. The average molecular weight is 257 g/mol. The molecule has 1 rings (SSSR count). The molecule has 1 atom stereocenters. The van der Waals surface area contributed by atoms with Crippen LogP contribution in [0.3, 0.4) is 0 Å². The van der Waals surface area contributed by atoms with Crippen molar-refractivity contribution in [1.82, 2.24) is 4.90 Å². The first-order chi connectivity index (χ1) is 8.28. The zero-order chi connectivity index (χ0) is 13.8. The first kappa shape index (κ1) is 15.0. The number of nitrogens with zero attached hydrogens (tertiary/aromatic N) is 1. The summed E-state index contributed by atoms with van der Waals surface area (Å²) in [5.74, 6) is -0.437. The van der Waals surface area contributed by atoms with Gasteiger partial charge in [-0.15, -0.1) is 0 Å². The standard InChI is InChI=1S/C13H23NO4/c1-13(2,3)18-12(17)7-6-11(16)14-8-4-5-10(15)9-14/h10,15H,4-9H2,1-3H3. The minimum atomic E-state index is -0.512. The second-order valence-corrected chi connectivity index (χ2v) is 5.72. The van der Waals surface area contributed by atoms with E-state index in [1.807, 2.05) is 0 Å². The molecule has 1 unspecified atom stereocenters. The number of aliphatic hydroxyl groups excluding tert-OH is 1. The molecule has 1 heterocycles. The number of ether oxygens (including phenoxy) is 1. The van der Waals surface area contributed by atoms with Gasteiger partial charge >= 0.3 is 5.97 Å². The van der Waals surface area contributed by atoms with Crippen molar-refractivity contribution in [2.45, 2.75) is 58.2 Å². The molecule has 104 valence electrons.